The van der Waals surface area contributed by atoms with Crippen molar-refractivity contribution >= 4 is 5.97 Å². The highest BCUT2D eigenvalue weighted by Gasteiger charge is 2.11. The van der Waals surface area contributed by atoms with Crippen molar-refractivity contribution in [2.45, 2.75) is 19.9 Å². The number of pyridine rings is 1. The van der Waals surface area contributed by atoms with E-state index in [1.54, 1.807) is 19.1 Å². The zero-order chi connectivity index (χ0) is 11.4. The van der Waals surface area contributed by atoms with Crippen LogP contribution in [0.25, 0.3) is 0 Å². The van der Waals surface area contributed by atoms with Crippen LogP contribution in [-0.2, 0) is 6.54 Å². The summed E-state index contributed by atoms with van der Waals surface area (Å²) in [6.07, 6.45) is 2.34. The highest BCUT2D eigenvalue weighted by atomic mass is 16.4. The van der Waals surface area contributed by atoms with Gasteiger partial charge in [0.05, 0.1) is 0 Å². The Labute approximate surface area is 87.5 Å². The van der Waals surface area contributed by atoms with Crippen molar-refractivity contribution in [3.05, 3.63) is 46.4 Å². The molecule has 0 spiro atoms. The summed E-state index contributed by atoms with van der Waals surface area (Å²) in [6.45, 7) is 5.80. The number of nitrogens with zero attached hydrogens (tertiary/aromatic N) is 1. The average molecular weight is 207 g/mol. The number of hydrogen-bond donors (Lipinski definition) is 1. The first-order chi connectivity index (χ1) is 7.07. The van der Waals surface area contributed by atoms with Crippen molar-refractivity contribution < 1.29 is 9.90 Å². The molecule has 0 saturated heterocycles. The fourth-order valence-electron chi connectivity index (χ4n) is 1.33. The van der Waals surface area contributed by atoms with Crippen molar-refractivity contribution in [2.75, 3.05) is 0 Å². The Morgan fingerprint density at radius 3 is 2.80 bits per heavy atom. The summed E-state index contributed by atoms with van der Waals surface area (Å²) in [5, 5.41) is 8.77. The fraction of sp³-hybridized carbons (Fsp3) is 0.273. The van der Waals surface area contributed by atoms with Crippen molar-refractivity contribution in [1.82, 2.24) is 4.57 Å². The molecule has 0 unspecified atom stereocenters. The van der Waals surface area contributed by atoms with Gasteiger partial charge in [0.1, 0.15) is 5.56 Å². The molecule has 0 radical (unpaired) electrons. The van der Waals surface area contributed by atoms with E-state index >= 15 is 0 Å². The van der Waals surface area contributed by atoms with E-state index in [0.29, 0.717) is 13.0 Å². The number of carboxylic acid groups (broad SMARTS) is 1. The van der Waals surface area contributed by atoms with E-state index in [2.05, 4.69) is 6.58 Å². The Kier molecular flexibility index (Phi) is 3.44. The van der Waals surface area contributed by atoms with Crippen LogP contribution in [0.5, 0.6) is 0 Å². The van der Waals surface area contributed by atoms with E-state index in [9.17, 15) is 9.59 Å². The maximum absolute atomic E-state index is 11.7. The van der Waals surface area contributed by atoms with Gasteiger partial charge in [0, 0.05) is 12.2 Å². The highest BCUT2D eigenvalue weighted by molar-refractivity contribution is 5.87. The van der Waals surface area contributed by atoms with Crippen molar-refractivity contribution in [3.63, 3.8) is 0 Å². The minimum absolute atomic E-state index is 0.190. The summed E-state index contributed by atoms with van der Waals surface area (Å²) < 4.78 is 1.45. The van der Waals surface area contributed by atoms with Crippen LogP contribution in [0.3, 0.4) is 0 Å². The SMILES string of the molecule is C=CCCn1c(C)ccc(C(=O)O)c1=O. The first kappa shape index (κ1) is 11.2. The smallest absolute Gasteiger partial charge is 0.341 e. The zero-order valence-corrected chi connectivity index (χ0v) is 8.56. The topological polar surface area (TPSA) is 59.3 Å². The molecule has 0 saturated carbocycles. The maximum Gasteiger partial charge on any atom is 0.341 e. The number of rotatable bonds is 4. The highest BCUT2D eigenvalue weighted by Crippen LogP contribution is 2.00. The van der Waals surface area contributed by atoms with Crippen LogP contribution in [-0.4, -0.2) is 15.6 Å². The molecule has 0 atom stereocenters. The Balaban J connectivity index is 3.24. The molecule has 0 aromatic carbocycles. The number of carboxylic acids is 1. The molecule has 0 aliphatic rings. The second-order valence-corrected chi connectivity index (χ2v) is 3.23. The van der Waals surface area contributed by atoms with Gasteiger partial charge in [-0.05, 0) is 25.5 Å². The van der Waals surface area contributed by atoms with Crippen molar-refractivity contribution in [2.24, 2.45) is 0 Å². The van der Waals surface area contributed by atoms with E-state index in [1.165, 1.54) is 10.6 Å². The summed E-state index contributed by atoms with van der Waals surface area (Å²) in [5.41, 5.74) is 0.112. The largest absolute Gasteiger partial charge is 0.477 e. The maximum atomic E-state index is 11.7. The lowest BCUT2D eigenvalue weighted by Crippen LogP contribution is -2.27. The molecule has 80 valence electrons. The van der Waals surface area contributed by atoms with Crippen LogP contribution in [0.4, 0.5) is 0 Å². The summed E-state index contributed by atoms with van der Waals surface area (Å²) in [5.74, 6) is -1.19. The molecular formula is C11H13NO3. The van der Waals surface area contributed by atoms with Crippen LogP contribution in [0, 0.1) is 6.92 Å². The number of aromatic nitrogens is 1. The van der Waals surface area contributed by atoms with Gasteiger partial charge < -0.3 is 9.67 Å². The predicted octanol–water partition coefficient (Wildman–Crippen LogP) is 1.43. The molecular weight excluding hydrogens is 194 g/mol. The van der Waals surface area contributed by atoms with Crippen LogP contribution in [0.15, 0.2) is 29.6 Å². The third-order valence-electron chi connectivity index (χ3n) is 2.18. The minimum Gasteiger partial charge on any atom is -0.477 e. The first-order valence-corrected chi connectivity index (χ1v) is 4.62. The summed E-state index contributed by atoms with van der Waals surface area (Å²) in [7, 11) is 0. The Morgan fingerprint density at radius 1 is 1.60 bits per heavy atom. The van der Waals surface area contributed by atoms with E-state index in [-0.39, 0.29) is 5.56 Å². The lowest BCUT2D eigenvalue weighted by Gasteiger charge is -2.08. The summed E-state index contributed by atoms with van der Waals surface area (Å²) in [6, 6.07) is 2.97. The average Bonchev–Trinajstić information content (AvgIpc) is 2.17. The molecule has 15 heavy (non-hydrogen) atoms. The fourth-order valence-corrected chi connectivity index (χ4v) is 1.33. The van der Waals surface area contributed by atoms with Crippen molar-refractivity contribution in [1.29, 1.82) is 0 Å². The third kappa shape index (κ3) is 2.34. The normalized spacial score (nSPS) is 9.93. The number of aromatic carboxylic acids is 1. The molecule has 0 aliphatic carbocycles. The van der Waals surface area contributed by atoms with Crippen LogP contribution in [0.1, 0.15) is 22.5 Å². The van der Waals surface area contributed by atoms with Crippen LogP contribution >= 0.6 is 0 Å². The molecule has 0 amide bonds. The molecule has 4 heteroatoms. The summed E-state index contributed by atoms with van der Waals surface area (Å²) in [4.78, 5) is 22.4. The molecule has 1 rings (SSSR count). The van der Waals surface area contributed by atoms with Gasteiger partial charge >= 0.3 is 5.97 Å². The molecule has 1 aromatic heterocycles. The number of aryl methyl sites for hydroxylation is 1. The molecule has 1 heterocycles. The summed E-state index contributed by atoms with van der Waals surface area (Å²) >= 11 is 0. The van der Waals surface area contributed by atoms with Gasteiger partial charge in [-0.15, -0.1) is 6.58 Å². The Morgan fingerprint density at radius 2 is 2.27 bits per heavy atom. The van der Waals surface area contributed by atoms with E-state index in [4.69, 9.17) is 5.11 Å². The van der Waals surface area contributed by atoms with E-state index < -0.39 is 11.5 Å². The monoisotopic (exact) mass is 207 g/mol. The second kappa shape index (κ2) is 4.59. The van der Waals surface area contributed by atoms with Crippen LogP contribution < -0.4 is 5.56 Å². The van der Waals surface area contributed by atoms with Gasteiger partial charge in [-0.2, -0.15) is 0 Å². The number of hydrogen-bond acceptors (Lipinski definition) is 2. The standard InChI is InChI=1S/C11H13NO3/c1-3-4-7-12-8(2)5-6-9(10(12)13)11(14)15/h3,5-6H,1,4,7H2,2H3,(H,14,15). The molecule has 1 aromatic rings. The molecule has 0 fully saturated rings. The lowest BCUT2D eigenvalue weighted by molar-refractivity contribution is 0.0694. The Bertz CT molecular complexity index is 446. The van der Waals surface area contributed by atoms with Gasteiger partial charge in [0.2, 0.25) is 0 Å². The van der Waals surface area contributed by atoms with Gasteiger partial charge in [-0.1, -0.05) is 6.08 Å². The molecule has 4 nitrogen and oxygen atoms in total. The predicted molar refractivity (Wildman–Crippen MR) is 57.2 cm³/mol. The number of carbonyl (C=O) groups is 1. The molecule has 0 bridgehead atoms. The molecule has 0 aliphatic heterocycles. The minimum atomic E-state index is -1.19. The van der Waals surface area contributed by atoms with Crippen LogP contribution in [0.2, 0.25) is 0 Å². The number of allylic oxidation sites excluding steroid dienone is 1. The quantitative estimate of drug-likeness (QED) is 0.760. The first-order valence-electron chi connectivity index (χ1n) is 4.62. The van der Waals surface area contributed by atoms with Gasteiger partial charge in [-0.25, -0.2) is 4.79 Å². The second-order valence-electron chi connectivity index (χ2n) is 3.23. The lowest BCUT2D eigenvalue weighted by atomic mass is 10.2. The zero-order valence-electron chi connectivity index (χ0n) is 8.56. The van der Waals surface area contributed by atoms with E-state index in [0.717, 1.165) is 5.69 Å². The van der Waals surface area contributed by atoms with Gasteiger partial charge in [0.15, 0.2) is 0 Å². The van der Waals surface area contributed by atoms with Gasteiger partial charge in [0.25, 0.3) is 5.56 Å². The van der Waals surface area contributed by atoms with E-state index in [1.807, 2.05) is 0 Å². The molecule has 1 N–H and O–H groups in total. The van der Waals surface area contributed by atoms with Crippen molar-refractivity contribution in [3.8, 4) is 0 Å². The van der Waals surface area contributed by atoms with Gasteiger partial charge in [-0.3, -0.25) is 4.79 Å². The Hall–Kier alpha value is -1.84. The third-order valence-corrected chi connectivity index (χ3v) is 2.18.